The van der Waals surface area contributed by atoms with Crippen LogP contribution in [0.1, 0.15) is 52.9 Å². The van der Waals surface area contributed by atoms with Crippen molar-refractivity contribution in [3.8, 4) is 0 Å². The van der Waals surface area contributed by atoms with Gasteiger partial charge in [0.15, 0.2) is 0 Å². The van der Waals surface area contributed by atoms with Crippen molar-refractivity contribution in [1.82, 2.24) is 4.90 Å². The van der Waals surface area contributed by atoms with Crippen molar-refractivity contribution in [2.75, 3.05) is 6.54 Å². The lowest BCUT2D eigenvalue weighted by Crippen LogP contribution is -2.52. The highest BCUT2D eigenvalue weighted by Crippen LogP contribution is 2.44. The zero-order chi connectivity index (χ0) is 12.7. The Kier molecular flexibility index (Phi) is 3.10. The molecule has 0 aromatic carbocycles. The maximum Gasteiger partial charge on any atom is 0.410 e. The van der Waals surface area contributed by atoms with Gasteiger partial charge in [-0.25, -0.2) is 4.79 Å². The highest BCUT2D eigenvalue weighted by Gasteiger charge is 2.52. The van der Waals surface area contributed by atoms with E-state index in [0.717, 1.165) is 32.1 Å². The van der Waals surface area contributed by atoms with Gasteiger partial charge in [-0.1, -0.05) is 0 Å². The van der Waals surface area contributed by atoms with Crippen LogP contribution in [0.3, 0.4) is 0 Å². The van der Waals surface area contributed by atoms with Crippen molar-refractivity contribution in [3.05, 3.63) is 0 Å². The van der Waals surface area contributed by atoms with Gasteiger partial charge in [0.05, 0.1) is 11.6 Å². The second-order valence-corrected chi connectivity index (χ2v) is 6.29. The molecule has 0 spiro atoms. The minimum absolute atomic E-state index is 0.0360. The van der Waals surface area contributed by atoms with Gasteiger partial charge in [-0.05, 0) is 52.9 Å². The van der Waals surface area contributed by atoms with Crippen LogP contribution in [-0.4, -0.2) is 39.9 Å². The lowest BCUT2D eigenvalue weighted by molar-refractivity contribution is -0.0242. The number of aliphatic hydroxyl groups is 1. The second kappa shape index (κ2) is 4.16. The number of carbonyl (C=O) groups is 1. The zero-order valence-corrected chi connectivity index (χ0v) is 11.0. The molecule has 98 valence electrons. The molecule has 1 aliphatic carbocycles. The minimum atomic E-state index is -0.628. The van der Waals surface area contributed by atoms with Crippen LogP contribution in [0.5, 0.6) is 0 Å². The molecule has 4 nitrogen and oxygen atoms in total. The van der Waals surface area contributed by atoms with E-state index in [4.69, 9.17) is 4.74 Å². The molecule has 0 aromatic heterocycles. The Morgan fingerprint density at radius 2 is 2.00 bits per heavy atom. The maximum absolute atomic E-state index is 12.1. The fourth-order valence-electron chi connectivity index (χ4n) is 2.49. The van der Waals surface area contributed by atoms with Crippen molar-refractivity contribution >= 4 is 6.09 Å². The van der Waals surface area contributed by atoms with Crippen LogP contribution in [0.2, 0.25) is 0 Å². The SMILES string of the molecule is CC(C)(C)OC(=O)N1CCCC[C@H]1C1(O)CC1. The van der Waals surface area contributed by atoms with Gasteiger partial charge in [-0.3, -0.25) is 0 Å². The Bertz CT molecular complexity index is 304. The molecule has 1 N–H and O–H groups in total. The number of amides is 1. The largest absolute Gasteiger partial charge is 0.444 e. The quantitative estimate of drug-likeness (QED) is 0.766. The molecule has 17 heavy (non-hydrogen) atoms. The molecular formula is C13H23NO3. The van der Waals surface area contributed by atoms with Gasteiger partial charge >= 0.3 is 6.09 Å². The molecule has 2 aliphatic rings. The summed E-state index contributed by atoms with van der Waals surface area (Å²) >= 11 is 0. The van der Waals surface area contributed by atoms with E-state index < -0.39 is 11.2 Å². The lowest BCUT2D eigenvalue weighted by Gasteiger charge is -2.39. The first-order chi connectivity index (χ1) is 7.82. The van der Waals surface area contributed by atoms with Crippen molar-refractivity contribution < 1.29 is 14.6 Å². The number of hydrogen-bond acceptors (Lipinski definition) is 3. The summed E-state index contributed by atoms with van der Waals surface area (Å²) in [6.45, 7) is 6.32. The van der Waals surface area contributed by atoms with Crippen LogP contribution in [0.15, 0.2) is 0 Å². The van der Waals surface area contributed by atoms with Gasteiger partial charge in [0, 0.05) is 6.54 Å². The second-order valence-electron chi connectivity index (χ2n) is 6.29. The molecule has 1 saturated carbocycles. The molecule has 2 fully saturated rings. The topological polar surface area (TPSA) is 49.8 Å². The summed E-state index contributed by atoms with van der Waals surface area (Å²) in [6, 6.07) is -0.0360. The van der Waals surface area contributed by atoms with Crippen LogP contribution in [0, 0.1) is 0 Å². The van der Waals surface area contributed by atoms with Crippen LogP contribution in [0.25, 0.3) is 0 Å². The summed E-state index contributed by atoms with van der Waals surface area (Å²) < 4.78 is 5.41. The summed E-state index contributed by atoms with van der Waals surface area (Å²) in [5.74, 6) is 0. The fraction of sp³-hybridized carbons (Fsp3) is 0.923. The molecule has 0 unspecified atom stereocenters. The van der Waals surface area contributed by atoms with Gasteiger partial charge in [0.25, 0.3) is 0 Å². The smallest absolute Gasteiger partial charge is 0.410 e. The van der Waals surface area contributed by atoms with E-state index in [9.17, 15) is 9.90 Å². The van der Waals surface area contributed by atoms with Crippen molar-refractivity contribution in [3.63, 3.8) is 0 Å². The number of carbonyl (C=O) groups excluding carboxylic acids is 1. The molecule has 0 radical (unpaired) electrons. The van der Waals surface area contributed by atoms with Crippen molar-refractivity contribution in [2.45, 2.75) is 70.1 Å². The van der Waals surface area contributed by atoms with Crippen LogP contribution in [0.4, 0.5) is 4.79 Å². The summed E-state index contributed by atoms with van der Waals surface area (Å²) in [5.41, 5.74) is -1.09. The molecule has 2 rings (SSSR count). The van der Waals surface area contributed by atoms with E-state index in [1.54, 1.807) is 4.90 Å². The summed E-state index contributed by atoms with van der Waals surface area (Å²) in [7, 11) is 0. The first-order valence-electron chi connectivity index (χ1n) is 6.54. The number of rotatable bonds is 1. The van der Waals surface area contributed by atoms with E-state index in [1.807, 2.05) is 20.8 Å². The maximum atomic E-state index is 12.1. The van der Waals surface area contributed by atoms with Gasteiger partial charge in [-0.15, -0.1) is 0 Å². The number of piperidine rings is 1. The third-order valence-electron chi connectivity index (χ3n) is 3.51. The molecule has 4 heteroatoms. The van der Waals surface area contributed by atoms with E-state index in [2.05, 4.69) is 0 Å². The summed E-state index contributed by atoms with van der Waals surface area (Å²) in [5, 5.41) is 10.2. The third kappa shape index (κ3) is 2.92. The monoisotopic (exact) mass is 241 g/mol. The highest BCUT2D eigenvalue weighted by molar-refractivity contribution is 5.69. The van der Waals surface area contributed by atoms with Gasteiger partial charge in [0.1, 0.15) is 5.60 Å². The molecule has 0 bridgehead atoms. The third-order valence-corrected chi connectivity index (χ3v) is 3.51. The molecule has 1 aliphatic heterocycles. The van der Waals surface area contributed by atoms with E-state index in [0.29, 0.717) is 6.54 Å². The van der Waals surface area contributed by atoms with Crippen molar-refractivity contribution in [2.24, 2.45) is 0 Å². The Morgan fingerprint density at radius 3 is 2.53 bits per heavy atom. The molecule has 0 aromatic rings. The molecule has 1 amide bonds. The zero-order valence-electron chi connectivity index (χ0n) is 11.0. The van der Waals surface area contributed by atoms with E-state index in [1.165, 1.54) is 0 Å². The summed E-state index contributed by atoms with van der Waals surface area (Å²) in [4.78, 5) is 13.8. The average molecular weight is 241 g/mol. The standard InChI is InChI=1S/C13H23NO3/c1-12(2,3)17-11(15)14-9-5-4-6-10(14)13(16)7-8-13/h10,16H,4-9H2,1-3H3/t10-/m0/s1. The van der Waals surface area contributed by atoms with Crippen LogP contribution >= 0.6 is 0 Å². The Hall–Kier alpha value is -0.770. The Labute approximate surface area is 103 Å². The van der Waals surface area contributed by atoms with E-state index in [-0.39, 0.29) is 12.1 Å². The number of ether oxygens (including phenoxy) is 1. The normalized spacial score (nSPS) is 27.8. The predicted molar refractivity (Wildman–Crippen MR) is 64.8 cm³/mol. The first-order valence-corrected chi connectivity index (χ1v) is 6.54. The van der Waals surface area contributed by atoms with Crippen molar-refractivity contribution in [1.29, 1.82) is 0 Å². The Balaban J connectivity index is 2.03. The number of nitrogens with zero attached hydrogens (tertiary/aromatic N) is 1. The average Bonchev–Trinajstić information content (AvgIpc) is 2.95. The van der Waals surface area contributed by atoms with Gasteiger partial charge in [0.2, 0.25) is 0 Å². The fourth-order valence-corrected chi connectivity index (χ4v) is 2.49. The molecule has 1 saturated heterocycles. The molecule has 1 atom stereocenters. The highest BCUT2D eigenvalue weighted by atomic mass is 16.6. The van der Waals surface area contributed by atoms with Gasteiger partial charge in [-0.2, -0.15) is 0 Å². The molecular weight excluding hydrogens is 218 g/mol. The van der Waals surface area contributed by atoms with Crippen LogP contribution in [-0.2, 0) is 4.74 Å². The van der Waals surface area contributed by atoms with Crippen LogP contribution < -0.4 is 0 Å². The number of hydrogen-bond donors (Lipinski definition) is 1. The minimum Gasteiger partial charge on any atom is -0.444 e. The predicted octanol–water partition coefficient (Wildman–Crippen LogP) is 2.30. The Morgan fingerprint density at radius 1 is 1.35 bits per heavy atom. The summed E-state index contributed by atoms with van der Waals surface area (Å²) in [6.07, 6.45) is 4.35. The molecule has 1 heterocycles. The number of likely N-dealkylation sites (tertiary alicyclic amines) is 1. The first kappa shape index (κ1) is 12.7. The van der Waals surface area contributed by atoms with Gasteiger partial charge < -0.3 is 14.7 Å². The lowest BCUT2D eigenvalue weighted by atomic mass is 9.96. The van der Waals surface area contributed by atoms with E-state index >= 15 is 0 Å².